The van der Waals surface area contributed by atoms with E-state index >= 15 is 0 Å². The van der Waals surface area contributed by atoms with Crippen LogP contribution in [0.5, 0.6) is 0 Å². The first-order valence-corrected chi connectivity index (χ1v) is 7.37. The van der Waals surface area contributed by atoms with Gasteiger partial charge < -0.3 is 10.1 Å². The summed E-state index contributed by atoms with van der Waals surface area (Å²) < 4.78 is 5.74. The lowest BCUT2D eigenvalue weighted by Crippen LogP contribution is -2.43. The van der Waals surface area contributed by atoms with Gasteiger partial charge in [0.15, 0.2) is 0 Å². The molecule has 3 heteroatoms. The minimum absolute atomic E-state index is 0.492. The Morgan fingerprint density at radius 2 is 2.18 bits per heavy atom. The fraction of sp³-hybridized carbons (Fsp3) is 1.00. The molecule has 3 rings (SSSR count). The van der Waals surface area contributed by atoms with E-state index < -0.39 is 0 Å². The molecular weight excluding hydrogens is 212 g/mol. The van der Waals surface area contributed by atoms with Gasteiger partial charge in [-0.15, -0.1) is 0 Å². The van der Waals surface area contributed by atoms with Gasteiger partial charge in [-0.05, 0) is 50.1 Å². The van der Waals surface area contributed by atoms with Crippen molar-refractivity contribution in [3.8, 4) is 0 Å². The van der Waals surface area contributed by atoms with Crippen molar-refractivity contribution in [1.82, 2.24) is 10.2 Å². The van der Waals surface area contributed by atoms with Gasteiger partial charge in [-0.2, -0.15) is 0 Å². The largest absolute Gasteiger partial charge is 0.376 e. The molecule has 0 aromatic heterocycles. The first-order valence-electron chi connectivity index (χ1n) is 7.37. The molecular formula is C14H26N2O. The Balaban J connectivity index is 1.48. The highest BCUT2D eigenvalue weighted by molar-refractivity contribution is 5.05. The summed E-state index contributed by atoms with van der Waals surface area (Å²) in [7, 11) is 0. The van der Waals surface area contributed by atoms with Crippen LogP contribution < -0.4 is 5.32 Å². The second-order valence-electron chi connectivity index (χ2n) is 6.17. The topological polar surface area (TPSA) is 24.5 Å². The number of nitrogens with one attached hydrogen (secondary N) is 1. The summed E-state index contributed by atoms with van der Waals surface area (Å²) in [6, 6.07) is 0. The van der Waals surface area contributed by atoms with E-state index in [1.54, 1.807) is 0 Å². The number of ether oxygens (including phenoxy) is 1. The number of nitrogens with zero attached hydrogens (tertiary/aromatic N) is 1. The van der Waals surface area contributed by atoms with Crippen molar-refractivity contribution in [2.24, 2.45) is 11.3 Å². The number of hydrogen-bond donors (Lipinski definition) is 1. The quantitative estimate of drug-likeness (QED) is 0.806. The summed E-state index contributed by atoms with van der Waals surface area (Å²) in [5.74, 6) is 0.986. The van der Waals surface area contributed by atoms with E-state index in [-0.39, 0.29) is 0 Å². The highest BCUT2D eigenvalue weighted by atomic mass is 16.5. The molecule has 2 aliphatic heterocycles. The third-order valence-corrected chi connectivity index (χ3v) is 5.11. The molecule has 98 valence electrons. The Bertz CT molecular complexity index is 263. The van der Waals surface area contributed by atoms with Crippen molar-refractivity contribution in [1.29, 1.82) is 0 Å². The van der Waals surface area contributed by atoms with E-state index in [0.717, 1.165) is 30.9 Å². The van der Waals surface area contributed by atoms with Crippen LogP contribution in [-0.4, -0.2) is 50.3 Å². The second-order valence-corrected chi connectivity index (χ2v) is 6.17. The van der Waals surface area contributed by atoms with Crippen LogP contribution in [-0.2, 0) is 4.74 Å². The lowest BCUT2D eigenvalue weighted by Gasteiger charge is -2.33. The van der Waals surface area contributed by atoms with Gasteiger partial charge in [0.1, 0.15) is 0 Å². The zero-order valence-corrected chi connectivity index (χ0v) is 11.1. The normalized spacial score (nSPS) is 37.2. The second kappa shape index (κ2) is 4.87. The van der Waals surface area contributed by atoms with Gasteiger partial charge in [0.05, 0.1) is 12.7 Å². The summed E-state index contributed by atoms with van der Waals surface area (Å²) in [4.78, 5) is 2.65. The highest BCUT2D eigenvalue weighted by Gasteiger charge is 2.53. The first kappa shape index (κ1) is 11.9. The number of morpholine rings is 1. The SMILES string of the molecule is CCC1CN(CC2CC23CCNCC3)CCO1. The maximum absolute atomic E-state index is 5.74. The van der Waals surface area contributed by atoms with Crippen LogP contribution >= 0.6 is 0 Å². The molecule has 0 aromatic carbocycles. The van der Waals surface area contributed by atoms with Crippen molar-refractivity contribution in [2.75, 3.05) is 39.3 Å². The van der Waals surface area contributed by atoms with Crippen LogP contribution in [0.1, 0.15) is 32.6 Å². The van der Waals surface area contributed by atoms with E-state index in [1.165, 1.54) is 45.4 Å². The zero-order valence-electron chi connectivity index (χ0n) is 11.1. The average molecular weight is 238 g/mol. The Hall–Kier alpha value is -0.120. The van der Waals surface area contributed by atoms with Gasteiger partial charge in [-0.3, -0.25) is 4.90 Å². The minimum atomic E-state index is 0.492. The molecule has 0 bridgehead atoms. The van der Waals surface area contributed by atoms with Crippen molar-refractivity contribution >= 4 is 0 Å². The zero-order chi connectivity index (χ0) is 11.7. The molecule has 17 heavy (non-hydrogen) atoms. The van der Waals surface area contributed by atoms with E-state index in [9.17, 15) is 0 Å². The van der Waals surface area contributed by atoms with Gasteiger partial charge in [-0.1, -0.05) is 6.92 Å². The van der Waals surface area contributed by atoms with Gasteiger partial charge in [-0.25, -0.2) is 0 Å². The Morgan fingerprint density at radius 3 is 2.94 bits per heavy atom. The molecule has 2 saturated heterocycles. The standard InChI is InChI=1S/C14H26N2O/c1-2-13-11-16(7-8-17-13)10-12-9-14(12)3-5-15-6-4-14/h12-13,15H,2-11H2,1H3. The van der Waals surface area contributed by atoms with Crippen LogP contribution in [0.25, 0.3) is 0 Å². The van der Waals surface area contributed by atoms with E-state index in [4.69, 9.17) is 4.74 Å². The maximum Gasteiger partial charge on any atom is 0.0700 e. The highest BCUT2D eigenvalue weighted by Crippen LogP contribution is 2.58. The molecule has 1 N–H and O–H groups in total. The Labute approximate surface area is 105 Å². The van der Waals surface area contributed by atoms with Crippen molar-refractivity contribution < 1.29 is 4.74 Å². The molecule has 1 aliphatic carbocycles. The number of hydrogen-bond acceptors (Lipinski definition) is 3. The van der Waals surface area contributed by atoms with Crippen LogP contribution in [0.3, 0.4) is 0 Å². The molecule has 0 aromatic rings. The Morgan fingerprint density at radius 1 is 1.35 bits per heavy atom. The fourth-order valence-electron chi connectivity index (χ4n) is 3.73. The number of rotatable bonds is 3. The molecule has 0 amide bonds. The van der Waals surface area contributed by atoms with Crippen LogP contribution in [0, 0.1) is 11.3 Å². The van der Waals surface area contributed by atoms with E-state index in [1.807, 2.05) is 0 Å². The van der Waals surface area contributed by atoms with Gasteiger partial charge >= 0.3 is 0 Å². The summed E-state index contributed by atoms with van der Waals surface area (Å²) in [5.41, 5.74) is 0.741. The average Bonchev–Trinajstić information content (AvgIpc) is 3.02. The molecule has 0 radical (unpaired) electrons. The molecule has 2 atom stereocenters. The van der Waals surface area contributed by atoms with Gasteiger partial charge in [0.25, 0.3) is 0 Å². The molecule has 1 spiro atoms. The summed E-state index contributed by atoms with van der Waals surface area (Å²) >= 11 is 0. The van der Waals surface area contributed by atoms with E-state index in [0.29, 0.717) is 6.10 Å². The predicted molar refractivity (Wildman–Crippen MR) is 69.1 cm³/mol. The lowest BCUT2D eigenvalue weighted by molar-refractivity contribution is -0.0322. The Kier molecular flexibility index (Phi) is 3.42. The van der Waals surface area contributed by atoms with Crippen molar-refractivity contribution in [3.63, 3.8) is 0 Å². The summed E-state index contributed by atoms with van der Waals surface area (Å²) in [6.45, 7) is 9.33. The third-order valence-electron chi connectivity index (χ3n) is 5.11. The lowest BCUT2D eigenvalue weighted by atomic mass is 9.92. The van der Waals surface area contributed by atoms with E-state index in [2.05, 4.69) is 17.1 Å². The van der Waals surface area contributed by atoms with Crippen molar-refractivity contribution in [3.05, 3.63) is 0 Å². The van der Waals surface area contributed by atoms with Crippen LogP contribution in [0.15, 0.2) is 0 Å². The molecule has 1 saturated carbocycles. The van der Waals surface area contributed by atoms with Crippen LogP contribution in [0.4, 0.5) is 0 Å². The van der Waals surface area contributed by atoms with Crippen molar-refractivity contribution in [2.45, 2.75) is 38.7 Å². The summed E-state index contributed by atoms with van der Waals surface area (Å²) in [6.07, 6.45) is 5.98. The third kappa shape index (κ3) is 2.51. The smallest absolute Gasteiger partial charge is 0.0700 e. The maximum atomic E-state index is 5.74. The van der Waals surface area contributed by atoms with Gasteiger partial charge in [0, 0.05) is 19.6 Å². The monoisotopic (exact) mass is 238 g/mol. The predicted octanol–water partition coefficient (Wildman–Crippen LogP) is 1.49. The minimum Gasteiger partial charge on any atom is -0.376 e. The molecule has 2 unspecified atom stereocenters. The molecule has 3 nitrogen and oxygen atoms in total. The molecule has 3 aliphatic rings. The fourth-order valence-corrected chi connectivity index (χ4v) is 3.73. The number of piperidine rings is 1. The molecule has 2 heterocycles. The molecule has 3 fully saturated rings. The van der Waals surface area contributed by atoms with Gasteiger partial charge in [0.2, 0.25) is 0 Å². The van der Waals surface area contributed by atoms with Crippen LogP contribution in [0.2, 0.25) is 0 Å². The summed E-state index contributed by atoms with van der Waals surface area (Å²) in [5, 5.41) is 3.49. The first-order chi connectivity index (χ1) is 8.32.